The van der Waals surface area contributed by atoms with Crippen molar-refractivity contribution in [3.8, 4) is 0 Å². The molecule has 3 rings (SSSR count). The van der Waals surface area contributed by atoms with E-state index < -0.39 is 0 Å². The minimum absolute atomic E-state index is 0.00475. The minimum Gasteiger partial charge on any atom is -0.364 e. The summed E-state index contributed by atoms with van der Waals surface area (Å²) >= 11 is 6.25. The van der Waals surface area contributed by atoms with Gasteiger partial charge in [0.15, 0.2) is 0 Å². The first-order valence-corrected chi connectivity index (χ1v) is 5.51. The van der Waals surface area contributed by atoms with Crippen molar-refractivity contribution in [2.45, 2.75) is 25.4 Å². The molecule has 1 aliphatic carbocycles. The van der Waals surface area contributed by atoms with Gasteiger partial charge in [0.25, 0.3) is 0 Å². The highest BCUT2D eigenvalue weighted by molar-refractivity contribution is 6.31. The monoisotopic (exact) mass is 208 g/mol. The molecule has 2 fully saturated rings. The van der Waals surface area contributed by atoms with Gasteiger partial charge in [0.1, 0.15) is 5.60 Å². The number of halogens is 1. The van der Waals surface area contributed by atoms with E-state index in [0.717, 1.165) is 17.5 Å². The van der Waals surface area contributed by atoms with Crippen molar-refractivity contribution >= 4 is 11.6 Å². The Labute approximate surface area is 89.0 Å². The van der Waals surface area contributed by atoms with Crippen LogP contribution in [0.5, 0.6) is 0 Å². The Morgan fingerprint density at radius 1 is 1.43 bits per heavy atom. The molecule has 2 aliphatic rings. The Kier molecular flexibility index (Phi) is 1.71. The summed E-state index contributed by atoms with van der Waals surface area (Å²) < 4.78 is 5.64. The van der Waals surface area contributed by atoms with Gasteiger partial charge in [-0.3, -0.25) is 0 Å². The minimum atomic E-state index is 0.00475. The van der Waals surface area contributed by atoms with Crippen molar-refractivity contribution < 1.29 is 4.74 Å². The predicted octanol–water partition coefficient (Wildman–Crippen LogP) is 3.28. The van der Waals surface area contributed by atoms with Crippen LogP contribution >= 0.6 is 11.6 Å². The lowest BCUT2D eigenvalue weighted by Crippen LogP contribution is -2.12. The molecular weight excluding hydrogens is 196 g/mol. The zero-order valence-electron chi connectivity index (χ0n) is 8.22. The van der Waals surface area contributed by atoms with Crippen LogP contribution in [0.25, 0.3) is 0 Å². The van der Waals surface area contributed by atoms with Crippen LogP contribution in [0.4, 0.5) is 0 Å². The van der Waals surface area contributed by atoms with E-state index in [-0.39, 0.29) is 5.60 Å². The zero-order valence-corrected chi connectivity index (χ0v) is 8.97. The largest absolute Gasteiger partial charge is 0.364 e. The lowest BCUT2D eigenvalue weighted by molar-refractivity contribution is 0.278. The highest BCUT2D eigenvalue weighted by atomic mass is 35.5. The standard InChI is InChI=1S/C12H13ClO/c1-8-2-5-10(11(13)6-8)12(7-14-12)9-3-4-9/h2,5-6,9H,3-4,7H2,1H3. The molecule has 74 valence electrons. The molecule has 1 saturated carbocycles. The molecule has 1 aromatic carbocycles. The Morgan fingerprint density at radius 3 is 2.64 bits per heavy atom. The number of epoxide rings is 1. The number of benzene rings is 1. The quantitative estimate of drug-likeness (QED) is 0.680. The van der Waals surface area contributed by atoms with Crippen molar-refractivity contribution in [3.63, 3.8) is 0 Å². The highest BCUT2D eigenvalue weighted by Gasteiger charge is 2.58. The van der Waals surface area contributed by atoms with Crippen LogP contribution < -0.4 is 0 Å². The maximum absolute atomic E-state index is 6.25. The van der Waals surface area contributed by atoms with Gasteiger partial charge in [-0.1, -0.05) is 23.7 Å². The van der Waals surface area contributed by atoms with Crippen molar-refractivity contribution in [3.05, 3.63) is 34.3 Å². The van der Waals surface area contributed by atoms with Gasteiger partial charge in [-0.2, -0.15) is 0 Å². The molecule has 0 amide bonds. The van der Waals surface area contributed by atoms with Gasteiger partial charge >= 0.3 is 0 Å². The summed E-state index contributed by atoms with van der Waals surface area (Å²) in [5, 5.41) is 0.870. The first-order valence-electron chi connectivity index (χ1n) is 5.13. The van der Waals surface area contributed by atoms with Gasteiger partial charge in [-0.25, -0.2) is 0 Å². The molecule has 0 radical (unpaired) electrons. The average molecular weight is 209 g/mol. The third-order valence-electron chi connectivity index (χ3n) is 3.27. The van der Waals surface area contributed by atoms with Gasteiger partial charge < -0.3 is 4.74 Å². The topological polar surface area (TPSA) is 12.5 Å². The summed E-state index contributed by atoms with van der Waals surface area (Å²) in [4.78, 5) is 0. The number of aryl methyl sites for hydroxylation is 1. The second-order valence-electron chi connectivity index (χ2n) is 4.44. The third-order valence-corrected chi connectivity index (χ3v) is 3.59. The molecule has 1 aliphatic heterocycles. The third kappa shape index (κ3) is 1.19. The summed E-state index contributed by atoms with van der Waals surface area (Å²) in [6.07, 6.45) is 2.59. The lowest BCUT2D eigenvalue weighted by atomic mass is 9.94. The molecule has 1 nitrogen and oxygen atoms in total. The molecule has 2 heteroatoms. The van der Waals surface area contributed by atoms with Crippen molar-refractivity contribution in [2.75, 3.05) is 6.61 Å². The van der Waals surface area contributed by atoms with Gasteiger partial charge in [0, 0.05) is 10.6 Å². The molecule has 0 aromatic heterocycles. The van der Waals surface area contributed by atoms with Crippen LogP contribution in [0.15, 0.2) is 18.2 Å². The SMILES string of the molecule is Cc1ccc(C2(C3CC3)CO2)c(Cl)c1. The normalized spacial score (nSPS) is 30.4. The smallest absolute Gasteiger partial charge is 0.121 e. The summed E-state index contributed by atoms with van der Waals surface area (Å²) in [6.45, 7) is 2.92. The van der Waals surface area contributed by atoms with Gasteiger partial charge in [0.2, 0.25) is 0 Å². The van der Waals surface area contributed by atoms with Crippen molar-refractivity contribution in [1.29, 1.82) is 0 Å². The van der Waals surface area contributed by atoms with Crippen LogP contribution in [0, 0.1) is 12.8 Å². The molecular formula is C12H13ClO. The van der Waals surface area contributed by atoms with Gasteiger partial charge in [0.05, 0.1) is 6.61 Å². The summed E-state index contributed by atoms with van der Waals surface area (Å²) in [5.74, 6) is 0.725. The van der Waals surface area contributed by atoms with E-state index >= 15 is 0 Å². The fourth-order valence-electron chi connectivity index (χ4n) is 2.20. The molecule has 0 spiro atoms. The molecule has 1 unspecified atom stereocenters. The first kappa shape index (κ1) is 8.75. The van der Waals surface area contributed by atoms with Crippen LogP contribution in [0.3, 0.4) is 0 Å². The molecule has 1 heterocycles. The predicted molar refractivity (Wildman–Crippen MR) is 56.5 cm³/mol. The van der Waals surface area contributed by atoms with Gasteiger partial charge in [-0.15, -0.1) is 0 Å². The molecule has 1 aromatic rings. The van der Waals surface area contributed by atoms with Crippen LogP contribution in [-0.4, -0.2) is 6.61 Å². The summed E-state index contributed by atoms with van der Waals surface area (Å²) in [7, 11) is 0. The van der Waals surface area contributed by atoms with E-state index in [4.69, 9.17) is 16.3 Å². The van der Waals surface area contributed by atoms with E-state index in [1.54, 1.807) is 0 Å². The summed E-state index contributed by atoms with van der Waals surface area (Å²) in [5.41, 5.74) is 2.42. The maximum atomic E-state index is 6.25. The van der Waals surface area contributed by atoms with Crippen LogP contribution in [-0.2, 0) is 10.3 Å². The first-order chi connectivity index (χ1) is 6.72. The average Bonchev–Trinajstić information content (AvgIpc) is 2.99. The summed E-state index contributed by atoms with van der Waals surface area (Å²) in [6, 6.07) is 6.28. The molecule has 14 heavy (non-hydrogen) atoms. The lowest BCUT2D eigenvalue weighted by Gasteiger charge is -2.13. The van der Waals surface area contributed by atoms with E-state index in [9.17, 15) is 0 Å². The van der Waals surface area contributed by atoms with Crippen LogP contribution in [0.2, 0.25) is 5.02 Å². The second kappa shape index (κ2) is 2.74. The van der Waals surface area contributed by atoms with E-state index in [2.05, 4.69) is 19.1 Å². The maximum Gasteiger partial charge on any atom is 0.121 e. The fraction of sp³-hybridized carbons (Fsp3) is 0.500. The number of hydrogen-bond acceptors (Lipinski definition) is 1. The molecule has 0 N–H and O–H groups in total. The van der Waals surface area contributed by atoms with E-state index in [1.807, 2.05) is 6.07 Å². The number of ether oxygens (including phenoxy) is 1. The van der Waals surface area contributed by atoms with E-state index in [0.29, 0.717) is 0 Å². The van der Waals surface area contributed by atoms with Crippen molar-refractivity contribution in [1.82, 2.24) is 0 Å². The fourth-order valence-corrected chi connectivity index (χ4v) is 2.60. The molecule has 0 bridgehead atoms. The Bertz CT molecular complexity index is 378. The molecule has 1 saturated heterocycles. The van der Waals surface area contributed by atoms with E-state index in [1.165, 1.54) is 24.0 Å². The highest BCUT2D eigenvalue weighted by Crippen LogP contribution is 2.57. The Morgan fingerprint density at radius 2 is 2.14 bits per heavy atom. The number of rotatable bonds is 2. The van der Waals surface area contributed by atoms with Gasteiger partial charge in [-0.05, 0) is 37.3 Å². The Hall–Kier alpha value is -0.530. The number of hydrogen-bond donors (Lipinski definition) is 0. The second-order valence-corrected chi connectivity index (χ2v) is 4.84. The Balaban J connectivity index is 2.03. The molecule has 1 atom stereocenters. The zero-order chi connectivity index (χ0) is 9.76. The van der Waals surface area contributed by atoms with Crippen molar-refractivity contribution in [2.24, 2.45) is 5.92 Å². The van der Waals surface area contributed by atoms with Crippen LogP contribution in [0.1, 0.15) is 24.0 Å².